The number of hydrogen-bond donors (Lipinski definition) is 0. The molecule has 40 heavy (non-hydrogen) atoms. The molecule has 0 aliphatic carbocycles. The van der Waals surface area contributed by atoms with Crippen LogP contribution in [0.15, 0.2) is 72.8 Å². The Hall–Kier alpha value is -4.46. The van der Waals surface area contributed by atoms with Gasteiger partial charge >= 0.3 is 23.9 Å². The summed E-state index contributed by atoms with van der Waals surface area (Å²) in [6.07, 6.45) is 3.31. The molecule has 0 radical (unpaired) electrons. The van der Waals surface area contributed by atoms with Crippen LogP contribution >= 0.6 is 0 Å². The molecule has 3 rings (SSSR count). The fourth-order valence-electron chi connectivity index (χ4n) is 3.88. The lowest BCUT2D eigenvalue weighted by molar-refractivity contribution is -0.134. The largest absolute Gasteiger partial charge is 0.423 e. The normalized spacial score (nSPS) is 10.8. The minimum Gasteiger partial charge on any atom is -0.423 e. The summed E-state index contributed by atoms with van der Waals surface area (Å²) in [7, 11) is 0. The van der Waals surface area contributed by atoms with Crippen LogP contribution < -0.4 is 18.9 Å². The molecule has 0 heterocycles. The van der Waals surface area contributed by atoms with Gasteiger partial charge in [0.1, 0.15) is 0 Å². The van der Waals surface area contributed by atoms with Crippen molar-refractivity contribution in [3.63, 3.8) is 0 Å². The van der Waals surface area contributed by atoms with E-state index in [2.05, 4.69) is 6.92 Å². The summed E-state index contributed by atoms with van der Waals surface area (Å²) in [5.74, 6) is -0.783. The number of esters is 4. The number of carbonyl (C=O) groups excluding carboxylic acids is 4. The molecule has 1 atom stereocenters. The fourth-order valence-corrected chi connectivity index (χ4v) is 3.88. The number of carbonyl (C=O) groups is 4. The Morgan fingerprint density at radius 1 is 0.575 bits per heavy atom. The first kappa shape index (κ1) is 31.8. The van der Waals surface area contributed by atoms with Crippen molar-refractivity contribution < 1.29 is 38.1 Å². The average Bonchev–Trinajstić information content (AvgIpc) is 2.87. The molecule has 3 aromatic rings. The highest BCUT2D eigenvalue weighted by atomic mass is 16.6. The molecular weight excluding hydrogens is 512 g/mol. The van der Waals surface area contributed by atoms with Crippen LogP contribution in [0.4, 0.5) is 0 Å². The number of aryl methyl sites for hydroxylation is 1. The van der Waals surface area contributed by atoms with Gasteiger partial charge in [0.15, 0.2) is 23.0 Å². The standard InChI is InChI=1S/C26H30O8.C6H6/c1-16(13-22-10-12-24(32-18(3)28)26(15-22)34-20(5)30)7-6-8-21-9-11-23(31-17(2)27)25(14-21)33-19(4)29;1-2-4-6-5-3-1/h9-12,14-16H,6-8,13H2,1-5H3;1-6H. The minimum absolute atomic E-state index is 0.208. The van der Waals surface area contributed by atoms with Crippen LogP contribution in [0.1, 0.15) is 58.6 Å². The molecule has 0 aromatic heterocycles. The third-order valence-corrected chi connectivity index (χ3v) is 5.44. The maximum atomic E-state index is 11.4. The molecule has 0 saturated carbocycles. The molecule has 3 aromatic carbocycles. The average molecular weight is 549 g/mol. The fraction of sp³-hybridized carbons (Fsp3) is 0.312. The van der Waals surface area contributed by atoms with Crippen LogP contribution in [-0.2, 0) is 32.0 Å². The van der Waals surface area contributed by atoms with Crippen LogP contribution in [-0.4, -0.2) is 23.9 Å². The lowest BCUT2D eigenvalue weighted by Crippen LogP contribution is -2.08. The van der Waals surface area contributed by atoms with Gasteiger partial charge in [0.25, 0.3) is 0 Å². The van der Waals surface area contributed by atoms with Crippen molar-refractivity contribution in [2.45, 2.75) is 60.3 Å². The smallest absolute Gasteiger partial charge is 0.308 e. The van der Waals surface area contributed by atoms with Crippen molar-refractivity contribution >= 4 is 23.9 Å². The summed E-state index contributed by atoms with van der Waals surface area (Å²) in [6.45, 7) is 7.27. The maximum absolute atomic E-state index is 11.4. The van der Waals surface area contributed by atoms with E-state index in [0.29, 0.717) is 5.92 Å². The number of benzene rings is 3. The van der Waals surface area contributed by atoms with Gasteiger partial charge in [0.2, 0.25) is 0 Å². The Bertz CT molecular complexity index is 1260. The third-order valence-electron chi connectivity index (χ3n) is 5.44. The summed E-state index contributed by atoms with van der Waals surface area (Å²) in [5.41, 5.74) is 1.92. The van der Waals surface area contributed by atoms with E-state index in [1.54, 1.807) is 24.3 Å². The van der Waals surface area contributed by atoms with Crippen LogP contribution in [0, 0.1) is 5.92 Å². The van der Waals surface area contributed by atoms with Crippen molar-refractivity contribution in [1.29, 1.82) is 0 Å². The Morgan fingerprint density at radius 3 is 1.38 bits per heavy atom. The highest BCUT2D eigenvalue weighted by molar-refractivity contribution is 5.74. The van der Waals surface area contributed by atoms with Gasteiger partial charge in [-0.2, -0.15) is 0 Å². The predicted molar refractivity (Wildman–Crippen MR) is 150 cm³/mol. The van der Waals surface area contributed by atoms with Gasteiger partial charge < -0.3 is 18.9 Å². The van der Waals surface area contributed by atoms with Gasteiger partial charge in [-0.05, 0) is 60.6 Å². The van der Waals surface area contributed by atoms with Gasteiger partial charge in [0, 0.05) is 27.7 Å². The van der Waals surface area contributed by atoms with Gasteiger partial charge in [-0.1, -0.05) is 61.9 Å². The molecule has 0 aliphatic heterocycles. The third kappa shape index (κ3) is 12.4. The predicted octanol–water partition coefficient (Wildman–Crippen LogP) is 6.28. The molecule has 8 nitrogen and oxygen atoms in total. The van der Waals surface area contributed by atoms with E-state index < -0.39 is 23.9 Å². The van der Waals surface area contributed by atoms with Crippen molar-refractivity contribution in [3.05, 3.63) is 83.9 Å². The van der Waals surface area contributed by atoms with Crippen LogP contribution in [0.5, 0.6) is 23.0 Å². The molecular formula is C32H36O8. The van der Waals surface area contributed by atoms with E-state index in [0.717, 1.165) is 36.8 Å². The van der Waals surface area contributed by atoms with Crippen LogP contribution in [0.3, 0.4) is 0 Å². The molecule has 0 saturated heterocycles. The number of ether oxygens (including phenoxy) is 4. The summed E-state index contributed by atoms with van der Waals surface area (Å²) in [4.78, 5) is 45.3. The lowest BCUT2D eigenvalue weighted by atomic mass is 9.94. The van der Waals surface area contributed by atoms with Gasteiger partial charge in [0.05, 0.1) is 0 Å². The summed E-state index contributed by atoms with van der Waals surface area (Å²) >= 11 is 0. The zero-order chi connectivity index (χ0) is 29.5. The second-order valence-corrected chi connectivity index (χ2v) is 9.29. The van der Waals surface area contributed by atoms with E-state index in [1.165, 1.54) is 27.7 Å². The van der Waals surface area contributed by atoms with E-state index in [1.807, 2.05) is 48.5 Å². The second kappa shape index (κ2) is 16.5. The Balaban J connectivity index is 0.000000821. The zero-order valence-corrected chi connectivity index (χ0v) is 23.6. The minimum atomic E-state index is -0.494. The highest BCUT2D eigenvalue weighted by Gasteiger charge is 2.14. The van der Waals surface area contributed by atoms with Crippen molar-refractivity contribution in [3.8, 4) is 23.0 Å². The van der Waals surface area contributed by atoms with Gasteiger partial charge in [-0.3, -0.25) is 19.2 Å². The quantitative estimate of drug-likeness (QED) is 0.215. The second-order valence-electron chi connectivity index (χ2n) is 9.29. The molecule has 1 unspecified atom stereocenters. The molecule has 0 bridgehead atoms. The SMILES string of the molecule is CC(=O)Oc1ccc(CCCC(C)Cc2ccc(OC(C)=O)c(OC(C)=O)c2)cc1OC(C)=O.c1ccccc1. The van der Waals surface area contributed by atoms with E-state index >= 15 is 0 Å². The molecule has 0 aliphatic rings. The van der Waals surface area contributed by atoms with E-state index in [4.69, 9.17) is 18.9 Å². The van der Waals surface area contributed by atoms with Crippen molar-refractivity contribution in [2.75, 3.05) is 0 Å². The maximum Gasteiger partial charge on any atom is 0.308 e. The molecule has 8 heteroatoms. The van der Waals surface area contributed by atoms with Crippen molar-refractivity contribution in [2.24, 2.45) is 5.92 Å². The molecule has 0 fully saturated rings. The highest BCUT2D eigenvalue weighted by Crippen LogP contribution is 2.31. The molecule has 0 amide bonds. The molecule has 0 N–H and O–H groups in total. The van der Waals surface area contributed by atoms with Gasteiger partial charge in [-0.25, -0.2) is 0 Å². The summed E-state index contributed by atoms with van der Waals surface area (Å²) in [5, 5.41) is 0. The number of hydrogen-bond acceptors (Lipinski definition) is 8. The van der Waals surface area contributed by atoms with E-state index in [-0.39, 0.29) is 23.0 Å². The van der Waals surface area contributed by atoms with E-state index in [9.17, 15) is 19.2 Å². The number of rotatable bonds is 10. The van der Waals surface area contributed by atoms with Crippen LogP contribution in [0.25, 0.3) is 0 Å². The topological polar surface area (TPSA) is 105 Å². The van der Waals surface area contributed by atoms with Crippen LogP contribution in [0.2, 0.25) is 0 Å². The first-order valence-electron chi connectivity index (χ1n) is 13.0. The van der Waals surface area contributed by atoms with Crippen molar-refractivity contribution in [1.82, 2.24) is 0 Å². The monoisotopic (exact) mass is 548 g/mol. The summed E-state index contributed by atoms with van der Waals surface area (Å²) < 4.78 is 20.6. The molecule has 0 spiro atoms. The Morgan fingerprint density at radius 2 is 0.950 bits per heavy atom. The first-order valence-corrected chi connectivity index (χ1v) is 13.0. The Labute approximate surface area is 235 Å². The lowest BCUT2D eigenvalue weighted by Gasteiger charge is -2.15. The summed E-state index contributed by atoms with van der Waals surface area (Å²) in [6, 6.07) is 22.4. The molecule has 212 valence electrons. The zero-order valence-electron chi connectivity index (χ0n) is 23.6. The Kier molecular flexibility index (Phi) is 13.1. The first-order chi connectivity index (χ1) is 19.0. The van der Waals surface area contributed by atoms with Gasteiger partial charge in [-0.15, -0.1) is 0 Å².